The Bertz CT molecular complexity index is 1140. The Morgan fingerprint density at radius 1 is 0.593 bits per heavy atom. The fourth-order valence-electron chi connectivity index (χ4n) is 4.17. The predicted octanol–water partition coefficient (Wildman–Crippen LogP) is 7.44. The van der Waals surface area contributed by atoms with E-state index in [0.29, 0.717) is 4.48 Å². The van der Waals surface area contributed by atoms with Crippen LogP contribution < -0.4 is 4.48 Å². The van der Waals surface area contributed by atoms with Crippen LogP contribution in [0.15, 0.2) is 102 Å². The molecule has 4 aromatic rings. The summed E-state index contributed by atoms with van der Waals surface area (Å²) in [6.07, 6.45) is 0. The van der Waals surface area contributed by atoms with Crippen molar-refractivity contribution >= 4 is 38.7 Å². The van der Waals surface area contributed by atoms with Crippen LogP contribution in [0.3, 0.4) is 0 Å². The number of aromatic hydroxyl groups is 1. The molecular formula is C24H17BrNO+. The second kappa shape index (κ2) is 6.08. The lowest BCUT2D eigenvalue weighted by Gasteiger charge is -2.34. The highest BCUT2D eigenvalue weighted by molar-refractivity contribution is 9.10. The number of rotatable bonds is 2. The zero-order valence-corrected chi connectivity index (χ0v) is 16.1. The van der Waals surface area contributed by atoms with Gasteiger partial charge in [-0.2, -0.15) is 4.48 Å². The average Bonchev–Trinajstić information content (AvgIpc) is 3.00. The van der Waals surface area contributed by atoms with Crippen LogP contribution in [-0.2, 0) is 0 Å². The molecule has 0 saturated heterocycles. The number of fused-ring (bicyclic) bond motifs is 3. The van der Waals surface area contributed by atoms with Crippen LogP contribution in [-0.4, -0.2) is 5.11 Å². The number of hydrogen-bond acceptors (Lipinski definition) is 1. The summed E-state index contributed by atoms with van der Waals surface area (Å²) in [6, 6.07) is 33.1. The zero-order valence-electron chi connectivity index (χ0n) is 14.5. The van der Waals surface area contributed by atoms with Crippen molar-refractivity contribution in [2.24, 2.45) is 0 Å². The molecule has 1 heterocycles. The van der Waals surface area contributed by atoms with Gasteiger partial charge >= 0.3 is 0 Å². The van der Waals surface area contributed by atoms with Crippen LogP contribution in [0.5, 0.6) is 5.75 Å². The van der Waals surface area contributed by atoms with Crippen LogP contribution in [0.1, 0.15) is 0 Å². The molecule has 0 spiro atoms. The topological polar surface area (TPSA) is 20.2 Å². The Balaban J connectivity index is 1.97. The summed E-state index contributed by atoms with van der Waals surface area (Å²) in [7, 11) is 0. The fraction of sp³-hybridized carbons (Fsp3) is 0. The van der Waals surface area contributed by atoms with Crippen molar-refractivity contribution in [3.63, 3.8) is 0 Å². The lowest BCUT2D eigenvalue weighted by atomic mass is 10.1. The number of halogens is 1. The molecule has 2 nitrogen and oxygen atoms in total. The normalized spacial score (nSPS) is 17.4. The Morgan fingerprint density at radius 3 is 2.00 bits per heavy atom. The third-order valence-electron chi connectivity index (χ3n) is 5.26. The maximum Gasteiger partial charge on any atom is 0.157 e. The molecule has 5 rings (SSSR count). The second-order valence-electron chi connectivity index (χ2n) is 6.70. The number of phenols is 1. The average molecular weight is 415 g/mol. The molecule has 0 aromatic heterocycles. The van der Waals surface area contributed by atoms with Gasteiger partial charge in [0.25, 0.3) is 0 Å². The Hall–Kier alpha value is -2.88. The first-order chi connectivity index (χ1) is 13.2. The van der Waals surface area contributed by atoms with Gasteiger partial charge < -0.3 is 5.11 Å². The van der Waals surface area contributed by atoms with Crippen molar-refractivity contribution in [2.45, 2.75) is 0 Å². The highest BCUT2D eigenvalue weighted by Gasteiger charge is 2.47. The maximum atomic E-state index is 9.87. The number of phenolic OH excluding ortho intramolecular Hbond substituents is 1. The first-order valence-corrected chi connectivity index (χ1v) is 9.65. The molecule has 0 radical (unpaired) electrons. The molecule has 27 heavy (non-hydrogen) atoms. The predicted molar refractivity (Wildman–Crippen MR) is 115 cm³/mol. The minimum absolute atomic E-state index is 0.270. The maximum absolute atomic E-state index is 9.87. The van der Waals surface area contributed by atoms with E-state index in [1.165, 1.54) is 22.5 Å². The first-order valence-electron chi connectivity index (χ1n) is 8.85. The lowest BCUT2D eigenvalue weighted by molar-refractivity contribution is 0.475. The summed E-state index contributed by atoms with van der Waals surface area (Å²) in [6.45, 7) is 0. The van der Waals surface area contributed by atoms with Crippen molar-refractivity contribution in [3.05, 3.63) is 102 Å². The van der Waals surface area contributed by atoms with Crippen molar-refractivity contribution in [2.75, 3.05) is 0 Å². The van der Waals surface area contributed by atoms with Gasteiger partial charge in [0, 0.05) is 40.9 Å². The smallest absolute Gasteiger partial charge is 0.157 e. The summed E-state index contributed by atoms with van der Waals surface area (Å²) < 4.78 is 1.54. The molecule has 3 heteroatoms. The van der Waals surface area contributed by atoms with E-state index in [1.807, 2.05) is 18.2 Å². The molecule has 1 aliphatic heterocycles. The van der Waals surface area contributed by atoms with Crippen LogP contribution in [0, 0.1) is 0 Å². The molecule has 0 aliphatic carbocycles. The Labute approximate surface area is 166 Å². The number of quaternary nitrogens is 1. The molecule has 1 N–H and O–H groups in total. The Kier molecular flexibility index (Phi) is 3.67. The lowest BCUT2D eigenvalue weighted by Crippen LogP contribution is -2.31. The molecule has 1 unspecified atom stereocenters. The molecule has 1 aliphatic rings. The van der Waals surface area contributed by atoms with E-state index in [0.717, 1.165) is 15.8 Å². The monoisotopic (exact) mass is 414 g/mol. The largest absolute Gasteiger partial charge is 0.508 e. The first kappa shape index (κ1) is 16.3. The van der Waals surface area contributed by atoms with Gasteiger partial charge in [0.05, 0.1) is 11.1 Å². The minimum Gasteiger partial charge on any atom is -0.508 e. The number of nitrogens with zero attached hydrogens (tertiary/aromatic N) is 1. The summed E-state index contributed by atoms with van der Waals surface area (Å²) in [5.41, 5.74) is 7.11. The third kappa shape index (κ3) is 2.29. The fourth-order valence-corrected chi connectivity index (χ4v) is 4.52. The van der Waals surface area contributed by atoms with Crippen LogP contribution in [0.2, 0.25) is 0 Å². The summed E-state index contributed by atoms with van der Waals surface area (Å²) in [5, 5.41) is 9.87. The van der Waals surface area contributed by atoms with Crippen LogP contribution in [0.25, 0.3) is 11.1 Å². The van der Waals surface area contributed by atoms with Crippen LogP contribution >= 0.6 is 15.9 Å². The van der Waals surface area contributed by atoms with E-state index in [1.54, 1.807) is 12.1 Å². The number of benzene rings is 4. The van der Waals surface area contributed by atoms with Gasteiger partial charge in [0.1, 0.15) is 17.1 Å². The molecular weight excluding hydrogens is 398 g/mol. The standard InChI is InChI=1S/C24H16BrNO/c25-17-10-15-22-21-8-4-5-9-23(21)26(24(22)16-17,18-6-2-1-3-7-18)19-11-13-20(27)14-12-19/h1-16H/p+1. The van der Waals surface area contributed by atoms with Crippen molar-refractivity contribution in [3.8, 4) is 16.9 Å². The van der Waals surface area contributed by atoms with E-state index >= 15 is 0 Å². The molecule has 0 saturated carbocycles. The summed E-state index contributed by atoms with van der Waals surface area (Å²) >= 11 is 3.67. The van der Waals surface area contributed by atoms with Crippen LogP contribution in [0.4, 0.5) is 22.7 Å². The molecule has 0 bridgehead atoms. The van der Waals surface area contributed by atoms with Crippen molar-refractivity contribution < 1.29 is 5.11 Å². The third-order valence-corrected chi connectivity index (χ3v) is 5.75. The van der Waals surface area contributed by atoms with Gasteiger partial charge in [-0.3, -0.25) is 0 Å². The summed E-state index contributed by atoms with van der Waals surface area (Å²) in [5.74, 6) is 0.270. The highest BCUT2D eigenvalue weighted by Crippen LogP contribution is 2.62. The molecule has 0 amide bonds. The van der Waals surface area contributed by atoms with Crippen molar-refractivity contribution in [1.82, 2.24) is 4.48 Å². The minimum atomic E-state index is 0.270. The highest BCUT2D eigenvalue weighted by atomic mass is 79.9. The van der Waals surface area contributed by atoms with E-state index in [-0.39, 0.29) is 5.75 Å². The molecule has 1 atom stereocenters. The van der Waals surface area contributed by atoms with Gasteiger partial charge in [-0.1, -0.05) is 46.3 Å². The zero-order chi connectivity index (χ0) is 18.4. The van der Waals surface area contributed by atoms with E-state index < -0.39 is 0 Å². The van der Waals surface area contributed by atoms with E-state index in [4.69, 9.17) is 0 Å². The van der Waals surface area contributed by atoms with E-state index in [2.05, 4.69) is 82.7 Å². The molecule has 4 aromatic carbocycles. The number of hydrogen-bond donors (Lipinski definition) is 1. The van der Waals surface area contributed by atoms with Gasteiger partial charge in [0.15, 0.2) is 11.4 Å². The SMILES string of the molecule is Oc1ccc([N+]2(c3ccccc3)c3ccccc3-c3ccc(Br)cc32)cc1. The van der Waals surface area contributed by atoms with Gasteiger partial charge in [-0.15, -0.1) is 0 Å². The molecule has 0 fully saturated rings. The van der Waals surface area contributed by atoms with E-state index in [9.17, 15) is 5.11 Å². The van der Waals surface area contributed by atoms with Crippen molar-refractivity contribution in [1.29, 1.82) is 0 Å². The van der Waals surface area contributed by atoms with Gasteiger partial charge in [-0.05, 0) is 30.3 Å². The Morgan fingerprint density at radius 2 is 1.22 bits per heavy atom. The molecule has 130 valence electrons. The number of para-hydroxylation sites is 2. The second-order valence-corrected chi connectivity index (χ2v) is 7.62. The summed E-state index contributed by atoms with van der Waals surface area (Å²) in [4.78, 5) is 0. The quantitative estimate of drug-likeness (QED) is 0.297. The van der Waals surface area contributed by atoms with Gasteiger partial charge in [0.2, 0.25) is 0 Å². The van der Waals surface area contributed by atoms with Gasteiger partial charge in [-0.25, -0.2) is 0 Å².